The van der Waals surface area contributed by atoms with Crippen molar-refractivity contribution in [2.45, 2.75) is 26.3 Å². The molecule has 0 bridgehead atoms. The van der Waals surface area contributed by atoms with Gasteiger partial charge in [-0.15, -0.1) is 0 Å². The molecule has 100 valence electrons. The fourth-order valence-electron chi connectivity index (χ4n) is 1.80. The van der Waals surface area contributed by atoms with Crippen molar-refractivity contribution in [3.05, 3.63) is 30.1 Å². The number of amides is 1. The van der Waals surface area contributed by atoms with E-state index in [1.807, 2.05) is 19.1 Å². The maximum Gasteiger partial charge on any atom is 0.242 e. The number of anilines is 1. The first-order valence-corrected chi connectivity index (χ1v) is 6.17. The molecule has 0 aliphatic heterocycles. The second kappa shape index (κ2) is 5.62. The van der Waals surface area contributed by atoms with E-state index in [9.17, 15) is 4.79 Å². The summed E-state index contributed by atoms with van der Waals surface area (Å²) in [6.07, 6.45) is 4.19. The van der Waals surface area contributed by atoms with Gasteiger partial charge in [-0.1, -0.05) is 6.92 Å². The van der Waals surface area contributed by atoms with Gasteiger partial charge in [0.15, 0.2) is 5.82 Å². The van der Waals surface area contributed by atoms with E-state index in [0.29, 0.717) is 5.82 Å². The maximum absolute atomic E-state index is 11.6. The lowest BCUT2D eigenvalue weighted by molar-refractivity contribution is -0.117. The van der Waals surface area contributed by atoms with Crippen LogP contribution in [-0.4, -0.2) is 27.1 Å². The first-order chi connectivity index (χ1) is 9.13. The number of nitrogens with one attached hydrogen (secondary N) is 2. The van der Waals surface area contributed by atoms with Gasteiger partial charge in [0, 0.05) is 23.5 Å². The molecular formula is C13H17N5O. The molecule has 2 heterocycles. The van der Waals surface area contributed by atoms with Crippen LogP contribution in [0.3, 0.4) is 0 Å². The topological polar surface area (TPSA) is 96.7 Å². The predicted octanol–water partition coefficient (Wildman–Crippen LogP) is 1.32. The molecule has 0 fully saturated rings. The van der Waals surface area contributed by atoms with Crippen LogP contribution in [0.15, 0.2) is 24.5 Å². The summed E-state index contributed by atoms with van der Waals surface area (Å²) < 4.78 is 0. The smallest absolute Gasteiger partial charge is 0.242 e. The van der Waals surface area contributed by atoms with Crippen molar-refractivity contribution in [3.8, 4) is 11.3 Å². The van der Waals surface area contributed by atoms with Crippen molar-refractivity contribution in [3.63, 3.8) is 0 Å². The Morgan fingerprint density at radius 3 is 2.74 bits per heavy atom. The summed E-state index contributed by atoms with van der Waals surface area (Å²) >= 11 is 0. The molecule has 2 aromatic heterocycles. The summed E-state index contributed by atoms with van der Waals surface area (Å²) in [5.74, 6) is 0.291. The fourth-order valence-corrected chi connectivity index (χ4v) is 1.80. The van der Waals surface area contributed by atoms with Gasteiger partial charge >= 0.3 is 0 Å². The molecular weight excluding hydrogens is 242 g/mol. The molecule has 0 radical (unpaired) electrons. The van der Waals surface area contributed by atoms with Crippen LogP contribution in [0.25, 0.3) is 11.3 Å². The quantitative estimate of drug-likeness (QED) is 0.771. The molecule has 19 heavy (non-hydrogen) atoms. The Bertz CT molecular complexity index is 562. The minimum atomic E-state index is -0.564. The van der Waals surface area contributed by atoms with Gasteiger partial charge in [0.25, 0.3) is 0 Å². The first-order valence-electron chi connectivity index (χ1n) is 6.17. The number of nitrogens with two attached hydrogens (primary N) is 1. The van der Waals surface area contributed by atoms with Crippen LogP contribution in [0.2, 0.25) is 0 Å². The second-order valence-electron chi connectivity index (χ2n) is 4.29. The van der Waals surface area contributed by atoms with Crippen molar-refractivity contribution < 1.29 is 4.79 Å². The average molecular weight is 259 g/mol. The molecule has 1 atom stereocenters. The lowest BCUT2D eigenvalue weighted by Crippen LogP contribution is -2.32. The molecule has 0 aliphatic rings. The van der Waals surface area contributed by atoms with Crippen molar-refractivity contribution in [2.24, 2.45) is 5.73 Å². The highest BCUT2D eigenvalue weighted by Crippen LogP contribution is 2.26. The van der Waals surface area contributed by atoms with Gasteiger partial charge in [0.1, 0.15) is 0 Å². The number of aromatic nitrogens is 3. The van der Waals surface area contributed by atoms with E-state index in [4.69, 9.17) is 5.73 Å². The minimum absolute atomic E-state index is 0.248. The van der Waals surface area contributed by atoms with Crippen LogP contribution >= 0.6 is 0 Å². The molecule has 0 saturated heterocycles. The number of H-pyrrole nitrogens is 1. The Morgan fingerprint density at radius 1 is 1.47 bits per heavy atom. The average Bonchev–Trinajstić information content (AvgIpc) is 2.82. The third-order valence-corrected chi connectivity index (χ3v) is 2.84. The highest BCUT2D eigenvalue weighted by atomic mass is 16.2. The molecule has 6 heteroatoms. The number of pyridine rings is 1. The molecule has 6 nitrogen and oxygen atoms in total. The molecule has 1 amide bonds. The third kappa shape index (κ3) is 2.79. The lowest BCUT2D eigenvalue weighted by atomic mass is 10.1. The molecule has 0 aliphatic carbocycles. The van der Waals surface area contributed by atoms with Gasteiger partial charge in [-0.25, -0.2) is 0 Å². The Balaban J connectivity index is 2.33. The summed E-state index contributed by atoms with van der Waals surface area (Å²) in [5, 5.41) is 9.83. The summed E-state index contributed by atoms with van der Waals surface area (Å²) in [4.78, 5) is 15.6. The molecule has 4 N–H and O–H groups in total. The monoisotopic (exact) mass is 259 g/mol. The molecule has 0 spiro atoms. The van der Waals surface area contributed by atoms with Gasteiger partial charge in [-0.3, -0.25) is 14.9 Å². The molecule has 2 aromatic rings. The third-order valence-electron chi connectivity index (χ3n) is 2.84. The Hall–Kier alpha value is -2.21. The molecule has 2 rings (SSSR count). The zero-order valence-electron chi connectivity index (χ0n) is 11.0. The predicted molar refractivity (Wildman–Crippen MR) is 73.5 cm³/mol. The number of carbonyl (C=O) groups is 1. The van der Waals surface area contributed by atoms with Crippen LogP contribution in [0.1, 0.15) is 19.4 Å². The zero-order valence-corrected chi connectivity index (χ0v) is 11.0. The normalized spacial score (nSPS) is 12.2. The highest BCUT2D eigenvalue weighted by Gasteiger charge is 2.16. The number of carbonyl (C=O) groups excluding carboxylic acids is 1. The van der Waals surface area contributed by atoms with Crippen molar-refractivity contribution in [1.82, 2.24) is 15.2 Å². The van der Waals surface area contributed by atoms with Gasteiger partial charge in [-0.2, -0.15) is 5.10 Å². The lowest BCUT2D eigenvalue weighted by Gasteiger charge is -2.07. The van der Waals surface area contributed by atoms with E-state index in [2.05, 4.69) is 20.5 Å². The van der Waals surface area contributed by atoms with Crippen molar-refractivity contribution in [1.29, 1.82) is 0 Å². The van der Waals surface area contributed by atoms with E-state index in [0.717, 1.165) is 23.2 Å². The summed E-state index contributed by atoms with van der Waals surface area (Å²) in [7, 11) is 0. The Kier molecular flexibility index (Phi) is 3.91. The number of aromatic amines is 1. The number of hydrogen-bond acceptors (Lipinski definition) is 4. The van der Waals surface area contributed by atoms with E-state index in [1.54, 1.807) is 19.3 Å². The van der Waals surface area contributed by atoms with E-state index in [-0.39, 0.29) is 5.91 Å². The molecule has 1 unspecified atom stereocenters. The second-order valence-corrected chi connectivity index (χ2v) is 4.29. The van der Waals surface area contributed by atoms with E-state index < -0.39 is 6.04 Å². The summed E-state index contributed by atoms with van der Waals surface area (Å²) in [5.41, 5.74) is 8.37. The number of hydrogen-bond donors (Lipinski definition) is 3. The first kappa shape index (κ1) is 13.2. The van der Waals surface area contributed by atoms with Crippen LogP contribution < -0.4 is 11.1 Å². The standard InChI is InChI=1S/C13H17N5O/c1-3-10-11(9-4-6-15-7-5-9)17-18-12(10)16-13(19)8(2)14/h4-8H,3,14H2,1-2H3,(H2,16,17,18,19). The number of nitrogens with zero attached hydrogens (tertiary/aromatic N) is 2. The van der Waals surface area contributed by atoms with Crippen LogP contribution in [0.5, 0.6) is 0 Å². The van der Waals surface area contributed by atoms with E-state index in [1.165, 1.54) is 0 Å². The summed E-state index contributed by atoms with van der Waals surface area (Å²) in [6.45, 7) is 3.65. The summed E-state index contributed by atoms with van der Waals surface area (Å²) in [6, 6.07) is 3.22. The Labute approximate surface area is 111 Å². The van der Waals surface area contributed by atoms with Crippen LogP contribution in [0, 0.1) is 0 Å². The van der Waals surface area contributed by atoms with Gasteiger partial charge < -0.3 is 11.1 Å². The minimum Gasteiger partial charge on any atom is -0.320 e. The van der Waals surface area contributed by atoms with Crippen LogP contribution in [0.4, 0.5) is 5.82 Å². The zero-order chi connectivity index (χ0) is 13.8. The van der Waals surface area contributed by atoms with Crippen molar-refractivity contribution in [2.75, 3.05) is 5.32 Å². The van der Waals surface area contributed by atoms with Gasteiger partial charge in [0.2, 0.25) is 5.91 Å². The maximum atomic E-state index is 11.6. The highest BCUT2D eigenvalue weighted by molar-refractivity contribution is 5.94. The Morgan fingerprint density at radius 2 is 2.16 bits per heavy atom. The van der Waals surface area contributed by atoms with Gasteiger partial charge in [-0.05, 0) is 25.5 Å². The molecule has 0 saturated carbocycles. The number of rotatable bonds is 4. The van der Waals surface area contributed by atoms with Gasteiger partial charge in [0.05, 0.1) is 11.7 Å². The van der Waals surface area contributed by atoms with Crippen molar-refractivity contribution >= 4 is 11.7 Å². The van der Waals surface area contributed by atoms with E-state index >= 15 is 0 Å². The molecule has 0 aromatic carbocycles. The SMILES string of the molecule is CCc1c(NC(=O)C(C)N)n[nH]c1-c1ccncc1. The fraction of sp³-hybridized carbons (Fsp3) is 0.308. The van der Waals surface area contributed by atoms with Crippen LogP contribution in [-0.2, 0) is 11.2 Å². The largest absolute Gasteiger partial charge is 0.320 e.